The van der Waals surface area contributed by atoms with Gasteiger partial charge in [0.05, 0.1) is 16.8 Å². The molecule has 2 aromatic heterocycles. The first-order valence-corrected chi connectivity index (χ1v) is 13.6. The SMILES string of the molecule is CC(C)(C)OC(=O)n1ccc2ccc(NC(=O)c3ccc(N)cc3NC(=O)C3CCN(c4ccncc4)CC3)cc21. The molecule has 0 radical (unpaired) electrons. The Labute approximate surface area is 238 Å². The van der Waals surface area contributed by atoms with Crippen LogP contribution in [0.25, 0.3) is 10.9 Å². The molecule has 0 saturated carbocycles. The molecule has 0 spiro atoms. The maximum absolute atomic E-state index is 13.4. The second kappa shape index (κ2) is 11.3. The summed E-state index contributed by atoms with van der Waals surface area (Å²) in [6.07, 6.45) is 6.03. The van der Waals surface area contributed by atoms with Gasteiger partial charge in [-0.05, 0) is 82.1 Å². The summed E-state index contributed by atoms with van der Waals surface area (Å²) in [6, 6.07) is 15.8. The first-order chi connectivity index (χ1) is 19.6. The van der Waals surface area contributed by atoms with Crippen LogP contribution in [0.2, 0.25) is 0 Å². The minimum absolute atomic E-state index is 0.143. The number of piperidine rings is 1. The molecule has 2 aromatic carbocycles. The van der Waals surface area contributed by atoms with Gasteiger partial charge in [0.15, 0.2) is 0 Å². The number of ether oxygens (including phenoxy) is 1. The van der Waals surface area contributed by atoms with Gasteiger partial charge in [-0.25, -0.2) is 4.79 Å². The van der Waals surface area contributed by atoms with Crippen molar-refractivity contribution < 1.29 is 19.1 Å². The molecule has 0 bridgehead atoms. The van der Waals surface area contributed by atoms with Crippen LogP contribution in [0.5, 0.6) is 0 Å². The topological polar surface area (TPSA) is 132 Å². The summed E-state index contributed by atoms with van der Waals surface area (Å²) < 4.78 is 6.91. The van der Waals surface area contributed by atoms with Gasteiger partial charge in [-0.15, -0.1) is 0 Å². The molecule has 10 nitrogen and oxygen atoms in total. The fourth-order valence-corrected chi connectivity index (χ4v) is 4.93. The smallest absolute Gasteiger partial charge is 0.418 e. The number of aromatic nitrogens is 2. The van der Waals surface area contributed by atoms with E-state index in [0.717, 1.165) is 24.2 Å². The Balaban J connectivity index is 1.29. The van der Waals surface area contributed by atoms with Gasteiger partial charge in [0.25, 0.3) is 5.91 Å². The number of amides is 2. The summed E-state index contributed by atoms with van der Waals surface area (Å²) in [5.41, 5.74) is 8.61. The first-order valence-electron chi connectivity index (χ1n) is 13.6. The van der Waals surface area contributed by atoms with E-state index >= 15 is 0 Å². The molecule has 1 fully saturated rings. The maximum atomic E-state index is 13.4. The van der Waals surface area contributed by atoms with Crippen molar-refractivity contribution in [3.8, 4) is 0 Å². The van der Waals surface area contributed by atoms with Crippen LogP contribution in [-0.4, -0.2) is 46.1 Å². The van der Waals surface area contributed by atoms with Gasteiger partial charge in [-0.1, -0.05) is 6.07 Å². The van der Waals surface area contributed by atoms with Crippen molar-refractivity contribution in [2.45, 2.75) is 39.2 Å². The predicted molar refractivity (Wildman–Crippen MR) is 160 cm³/mol. The highest BCUT2D eigenvalue weighted by Gasteiger charge is 2.26. The number of nitrogens with zero attached hydrogens (tertiary/aromatic N) is 3. The van der Waals surface area contributed by atoms with E-state index in [2.05, 4.69) is 20.5 Å². The fourth-order valence-electron chi connectivity index (χ4n) is 4.93. The van der Waals surface area contributed by atoms with Gasteiger partial charge in [0.1, 0.15) is 5.60 Å². The monoisotopic (exact) mass is 554 g/mol. The molecule has 5 rings (SSSR count). The third-order valence-electron chi connectivity index (χ3n) is 6.98. The molecule has 0 aliphatic carbocycles. The maximum Gasteiger partial charge on any atom is 0.418 e. The highest BCUT2D eigenvalue weighted by Crippen LogP contribution is 2.27. The van der Waals surface area contributed by atoms with Crippen molar-refractivity contribution in [1.29, 1.82) is 0 Å². The number of nitrogen functional groups attached to an aromatic ring is 1. The molecule has 1 aliphatic heterocycles. The number of hydrogen-bond acceptors (Lipinski definition) is 7. The van der Waals surface area contributed by atoms with Crippen molar-refractivity contribution in [2.24, 2.45) is 5.92 Å². The first kappa shape index (κ1) is 27.7. The zero-order valence-electron chi connectivity index (χ0n) is 23.4. The number of nitrogens with two attached hydrogens (primary N) is 1. The van der Waals surface area contributed by atoms with Crippen LogP contribution in [0.3, 0.4) is 0 Å². The lowest BCUT2D eigenvalue weighted by atomic mass is 9.95. The summed E-state index contributed by atoms with van der Waals surface area (Å²) in [5, 5.41) is 6.65. The van der Waals surface area contributed by atoms with Gasteiger partial charge in [-0.2, -0.15) is 0 Å². The molecule has 0 atom stereocenters. The molecule has 4 aromatic rings. The Bertz CT molecular complexity index is 1580. The van der Waals surface area contributed by atoms with E-state index in [1.807, 2.05) is 18.2 Å². The number of carbonyl (C=O) groups excluding carboxylic acids is 3. The summed E-state index contributed by atoms with van der Waals surface area (Å²) >= 11 is 0. The lowest BCUT2D eigenvalue weighted by Gasteiger charge is -2.33. The molecule has 41 heavy (non-hydrogen) atoms. The van der Waals surface area contributed by atoms with E-state index in [4.69, 9.17) is 10.5 Å². The van der Waals surface area contributed by atoms with E-state index in [0.29, 0.717) is 35.4 Å². The number of pyridine rings is 1. The van der Waals surface area contributed by atoms with Crippen molar-refractivity contribution in [1.82, 2.24) is 9.55 Å². The van der Waals surface area contributed by atoms with Crippen molar-refractivity contribution >= 4 is 51.6 Å². The highest BCUT2D eigenvalue weighted by atomic mass is 16.6. The van der Waals surface area contributed by atoms with E-state index in [9.17, 15) is 14.4 Å². The number of anilines is 4. The van der Waals surface area contributed by atoms with Crippen molar-refractivity contribution in [3.63, 3.8) is 0 Å². The van der Waals surface area contributed by atoms with Crippen molar-refractivity contribution in [2.75, 3.05) is 34.4 Å². The molecule has 212 valence electrons. The van der Waals surface area contributed by atoms with Crippen LogP contribution < -0.4 is 21.3 Å². The lowest BCUT2D eigenvalue weighted by molar-refractivity contribution is -0.120. The molecule has 10 heteroatoms. The van der Waals surface area contributed by atoms with Crippen LogP contribution in [0.1, 0.15) is 44.0 Å². The minimum atomic E-state index is -0.647. The normalized spacial score (nSPS) is 14.1. The molecular formula is C31H34N6O4. The van der Waals surface area contributed by atoms with E-state index < -0.39 is 17.6 Å². The minimum Gasteiger partial charge on any atom is -0.443 e. The van der Waals surface area contributed by atoms with Crippen LogP contribution in [0.4, 0.5) is 27.5 Å². The number of nitrogens with one attached hydrogen (secondary N) is 2. The molecule has 3 heterocycles. The number of hydrogen-bond donors (Lipinski definition) is 3. The number of rotatable bonds is 5. The van der Waals surface area contributed by atoms with Gasteiger partial charge in [-0.3, -0.25) is 19.1 Å². The second-order valence-corrected chi connectivity index (χ2v) is 11.2. The van der Waals surface area contributed by atoms with E-state index in [-0.39, 0.29) is 17.4 Å². The highest BCUT2D eigenvalue weighted by molar-refractivity contribution is 6.11. The van der Waals surface area contributed by atoms with E-state index in [1.54, 1.807) is 75.8 Å². The number of benzene rings is 2. The Kier molecular flexibility index (Phi) is 7.65. The van der Waals surface area contributed by atoms with Crippen LogP contribution in [0, 0.1) is 5.92 Å². The Morgan fingerprint density at radius 3 is 2.39 bits per heavy atom. The number of fused-ring (bicyclic) bond motifs is 1. The zero-order chi connectivity index (χ0) is 29.1. The van der Waals surface area contributed by atoms with Crippen molar-refractivity contribution in [3.05, 3.63) is 78.8 Å². The quantitative estimate of drug-likeness (QED) is 0.277. The summed E-state index contributed by atoms with van der Waals surface area (Å²) in [7, 11) is 0. The number of carbonyl (C=O) groups is 3. The molecule has 0 unspecified atom stereocenters. The van der Waals surface area contributed by atoms with Crippen LogP contribution in [0.15, 0.2) is 73.2 Å². The van der Waals surface area contributed by atoms with Crippen LogP contribution >= 0.6 is 0 Å². The lowest BCUT2D eigenvalue weighted by Crippen LogP contribution is -2.38. The largest absolute Gasteiger partial charge is 0.443 e. The average Bonchev–Trinajstić information content (AvgIpc) is 3.36. The average molecular weight is 555 g/mol. The van der Waals surface area contributed by atoms with Gasteiger partial charge >= 0.3 is 6.09 Å². The Morgan fingerprint density at radius 2 is 1.68 bits per heavy atom. The standard InChI is InChI=1S/C31H34N6O4/c1-31(2,3)41-30(40)37-17-12-20-4-6-23(19-27(20)37)34-29(39)25-7-5-22(32)18-26(25)35-28(38)21-10-15-36(16-11-21)24-8-13-33-14-9-24/h4-9,12-14,17-19,21H,10-11,15-16,32H2,1-3H3,(H,34,39)(H,35,38). The zero-order valence-corrected chi connectivity index (χ0v) is 23.4. The third-order valence-corrected chi connectivity index (χ3v) is 6.98. The second-order valence-electron chi connectivity index (χ2n) is 11.2. The third kappa shape index (κ3) is 6.49. The summed E-state index contributed by atoms with van der Waals surface area (Å²) in [4.78, 5) is 45.6. The van der Waals surface area contributed by atoms with Gasteiger partial charge in [0.2, 0.25) is 5.91 Å². The summed E-state index contributed by atoms with van der Waals surface area (Å²) in [5.74, 6) is -0.744. The van der Waals surface area contributed by atoms with Crippen LogP contribution in [-0.2, 0) is 9.53 Å². The summed E-state index contributed by atoms with van der Waals surface area (Å²) in [6.45, 7) is 6.91. The van der Waals surface area contributed by atoms with Gasteiger partial charge < -0.3 is 26.0 Å². The molecule has 4 N–H and O–H groups in total. The molecule has 2 amide bonds. The molecule has 1 aliphatic rings. The molecule has 1 saturated heterocycles. The molecular weight excluding hydrogens is 520 g/mol. The Hall–Kier alpha value is -4.86. The fraction of sp³-hybridized carbons (Fsp3) is 0.290. The van der Waals surface area contributed by atoms with E-state index in [1.165, 1.54) is 4.57 Å². The van der Waals surface area contributed by atoms with Gasteiger partial charge in [0, 0.05) is 60.0 Å². The predicted octanol–water partition coefficient (Wildman–Crippen LogP) is 5.51. The Morgan fingerprint density at radius 1 is 0.951 bits per heavy atom.